The number of hydrogen-bond donors (Lipinski definition) is 1. The number of nitrogens with two attached hydrogens (primary N) is 1. The van der Waals surface area contributed by atoms with Crippen LogP contribution in [0.25, 0.3) is 21.5 Å². The van der Waals surface area contributed by atoms with Crippen LogP contribution in [0.15, 0.2) is 30.5 Å². The van der Waals surface area contributed by atoms with Crippen molar-refractivity contribution in [2.24, 2.45) is 0 Å². The predicted molar refractivity (Wildman–Crippen MR) is 144 cm³/mol. The molecule has 0 saturated heterocycles. The van der Waals surface area contributed by atoms with Crippen molar-refractivity contribution in [3.8, 4) is 16.9 Å². The molecule has 5 rings (SSSR count). The highest BCUT2D eigenvalue weighted by Gasteiger charge is 2.24. The quantitative estimate of drug-likeness (QED) is 0.380. The largest absolute Gasteiger partial charge is 0.491 e. The lowest BCUT2D eigenvalue weighted by Crippen LogP contribution is -2.29. The molecule has 0 fully saturated rings. The van der Waals surface area contributed by atoms with Gasteiger partial charge in [-0.2, -0.15) is 0 Å². The summed E-state index contributed by atoms with van der Waals surface area (Å²) in [5, 5.41) is 0.502. The Hall–Kier alpha value is -3.83. The number of aryl methyl sites for hydroxylation is 1. The van der Waals surface area contributed by atoms with Gasteiger partial charge in [0, 0.05) is 35.1 Å². The third kappa shape index (κ3) is 5.32. The molecule has 0 unspecified atom stereocenters. The standard InChI is InChI=1S/C26H29N7O3S/c1-15-19(11-23(34)35-4)24(31-22(29-15)14-32(2)3)33-7-8-36-21-6-5-16(9-18(21)13-33)17-10-20-25(28-12-17)37-26(27)30-20/h5-6,9-10,12H,7-8,11,13-14H2,1-4H3,(H2,27,30). The van der Waals surface area contributed by atoms with Crippen LogP contribution in [0, 0.1) is 6.92 Å². The third-order valence-electron chi connectivity index (χ3n) is 6.18. The lowest BCUT2D eigenvalue weighted by Gasteiger charge is -2.25. The van der Waals surface area contributed by atoms with Gasteiger partial charge in [0.15, 0.2) is 5.13 Å². The topological polar surface area (TPSA) is 120 Å². The van der Waals surface area contributed by atoms with Gasteiger partial charge < -0.3 is 25.0 Å². The van der Waals surface area contributed by atoms with E-state index in [0.717, 1.165) is 49.9 Å². The van der Waals surface area contributed by atoms with Crippen molar-refractivity contribution in [2.75, 3.05) is 45.0 Å². The van der Waals surface area contributed by atoms with Crippen molar-refractivity contribution in [1.29, 1.82) is 0 Å². The second-order valence-corrected chi connectivity index (χ2v) is 10.2. The number of carbonyl (C=O) groups excluding carboxylic acids is 1. The van der Waals surface area contributed by atoms with Gasteiger partial charge in [0.1, 0.15) is 34.3 Å². The van der Waals surface area contributed by atoms with Crippen LogP contribution in [0.5, 0.6) is 5.75 Å². The second kappa shape index (κ2) is 10.3. The van der Waals surface area contributed by atoms with Crippen molar-refractivity contribution in [3.63, 3.8) is 0 Å². The van der Waals surface area contributed by atoms with Gasteiger partial charge in [-0.3, -0.25) is 4.79 Å². The lowest BCUT2D eigenvalue weighted by atomic mass is 10.0. The molecule has 4 aromatic rings. The number of ether oxygens (including phenoxy) is 2. The van der Waals surface area contributed by atoms with Gasteiger partial charge in [0.25, 0.3) is 0 Å². The Morgan fingerprint density at radius 2 is 2.05 bits per heavy atom. The van der Waals surface area contributed by atoms with E-state index in [1.807, 2.05) is 50.3 Å². The molecule has 0 amide bonds. The Morgan fingerprint density at radius 3 is 2.84 bits per heavy atom. The summed E-state index contributed by atoms with van der Waals surface area (Å²) in [4.78, 5) is 35.7. The highest BCUT2D eigenvalue weighted by Crippen LogP contribution is 2.33. The van der Waals surface area contributed by atoms with Crippen LogP contribution in [0.2, 0.25) is 0 Å². The molecule has 3 aromatic heterocycles. The number of aromatic nitrogens is 4. The van der Waals surface area contributed by atoms with Gasteiger partial charge in [0.2, 0.25) is 0 Å². The van der Waals surface area contributed by atoms with E-state index in [2.05, 4.69) is 25.9 Å². The zero-order valence-corrected chi connectivity index (χ0v) is 22.1. The van der Waals surface area contributed by atoms with Crippen LogP contribution in [-0.4, -0.2) is 65.2 Å². The number of benzene rings is 1. The summed E-state index contributed by atoms with van der Waals surface area (Å²) in [6.07, 6.45) is 1.94. The van der Waals surface area contributed by atoms with E-state index >= 15 is 0 Å². The summed E-state index contributed by atoms with van der Waals surface area (Å²) in [7, 11) is 5.34. The van der Waals surface area contributed by atoms with Gasteiger partial charge in [0.05, 0.1) is 26.6 Å². The maximum absolute atomic E-state index is 12.2. The summed E-state index contributed by atoms with van der Waals surface area (Å²) in [6.45, 7) is 4.17. The normalized spacial score (nSPS) is 13.4. The first-order valence-corrected chi connectivity index (χ1v) is 12.7. The summed E-state index contributed by atoms with van der Waals surface area (Å²) < 4.78 is 11.1. The average Bonchev–Trinajstić information content (AvgIpc) is 3.10. The number of methoxy groups -OCH3 is 1. The van der Waals surface area contributed by atoms with E-state index in [-0.39, 0.29) is 12.4 Å². The number of pyridine rings is 1. The molecular weight excluding hydrogens is 490 g/mol. The number of anilines is 2. The molecule has 1 aliphatic heterocycles. The van der Waals surface area contributed by atoms with Crippen LogP contribution in [-0.2, 0) is 29.0 Å². The van der Waals surface area contributed by atoms with Crippen molar-refractivity contribution < 1.29 is 14.3 Å². The van der Waals surface area contributed by atoms with Crippen molar-refractivity contribution in [3.05, 3.63) is 53.1 Å². The lowest BCUT2D eigenvalue weighted by molar-refractivity contribution is -0.139. The van der Waals surface area contributed by atoms with Crippen molar-refractivity contribution in [1.82, 2.24) is 24.8 Å². The van der Waals surface area contributed by atoms with E-state index < -0.39 is 0 Å². The summed E-state index contributed by atoms with van der Waals surface area (Å²) in [5.41, 5.74) is 11.2. The zero-order chi connectivity index (χ0) is 26.1. The van der Waals surface area contributed by atoms with Crippen LogP contribution in [0.1, 0.15) is 22.6 Å². The summed E-state index contributed by atoms with van der Waals surface area (Å²) in [6, 6.07) is 8.13. The summed E-state index contributed by atoms with van der Waals surface area (Å²) >= 11 is 1.37. The Labute approximate surface area is 219 Å². The first kappa shape index (κ1) is 24.8. The van der Waals surface area contributed by atoms with Crippen LogP contribution >= 0.6 is 11.3 Å². The van der Waals surface area contributed by atoms with Crippen LogP contribution in [0.4, 0.5) is 10.9 Å². The number of fused-ring (bicyclic) bond motifs is 2. The highest BCUT2D eigenvalue weighted by atomic mass is 32.1. The Bertz CT molecular complexity index is 1470. The molecule has 0 radical (unpaired) electrons. The number of carbonyl (C=O) groups is 1. The first-order valence-electron chi connectivity index (χ1n) is 11.9. The third-order valence-corrected chi connectivity index (χ3v) is 6.99. The Kier molecular flexibility index (Phi) is 6.90. The highest BCUT2D eigenvalue weighted by molar-refractivity contribution is 7.21. The van der Waals surface area contributed by atoms with Gasteiger partial charge in [-0.25, -0.2) is 19.9 Å². The number of esters is 1. The molecule has 1 aromatic carbocycles. The molecule has 0 spiro atoms. The van der Waals surface area contributed by atoms with Gasteiger partial charge >= 0.3 is 5.97 Å². The zero-order valence-electron chi connectivity index (χ0n) is 21.3. The predicted octanol–water partition coefficient (Wildman–Crippen LogP) is 3.22. The fourth-order valence-electron chi connectivity index (χ4n) is 4.43. The molecule has 10 nitrogen and oxygen atoms in total. The number of hydrogen-bond acceptors (Lipinski definition) is 11. The molecule has 37 heavy (non-hydrogen) atoms. The molecule has 0 atom stereocenters. The number of thiazole rings is 1. The van der Waals surface area contributed by atoms with Gasteiger partial charge in [-0.05, 0) is 44.8 Å². The molecule has 2 N–H and O–H groups in total. The number of rotatable bonds is 6. The smallest absolute Gasteiger partial charge is 0.310 e. The minimum atomic E-state index is -0.326. The van der Waals surface area contributed by atoms with E-state index in [9.17, 15) is 4.79 Å². The van der Waals surface area contributed by atoms with E-state index in [1.165, 1.54) is 18.4 Å². The van der Waals surface area contributed by atoms with E-state index in [0.29, 0.717) is 37.2 Å². The molecule has 0 bridgehead atoms. The van der Waals surface area contributed by atoms with E-state index in [1.54, 1.807) is 0 Å². The van der Waals surface area contributed by atoms with Gasteiger partial charge in [-0.15, -0.1) is 0 Å². The maximum Gasteiger partial charge on any atom is 0.310 e. The Morgan fingerprint density at radius 1 is 1.22 bits per heavy atom. The minimum Gasteiger partial charge on any atom is -0.491 e. The first-order chi connectivity index (χ1) is 17.8. The monoisotopic (exact) mass is 519 g/mol. The van der Waals surface area contributed by atoms with Crippen LogP contribution < -0.4 is 15.4 Å². The SMILES string of the molecule is COC(=O)Cc1c(C)nc(CN(C)C)nc1N1CCOc2ccc(-c3cnc4sc(N)nc4c3)cc2C1. The fourth-order valence-corrected chi connectivity index (χ4v) is 5.09. The van der Waals surface area contributed by atoms with E-state index in [4.69, 9.17) is 20.2 Å². The van der Waals surface area contributed by atoms with Crippen molar-refractivity contribution in [2.45, 2.75) is 26.4 Å². The number of nitrogens with zero attached hydrogens (tertiary/aromatic N) is 6. The molecule has 11 heteroatoms. The van der Waals surface area contributed by atoms with Crippen molar-refractivity contribution >= 4 is 38.6 Å². The molecular formula is C26H29N7O3S. The molecule has 0 aliphatic carbocycles. The minimum absolute atomic E-state index is 0.104. The fraction of sp³-hybridized carbons (Fsp3) is 0.346. The second-order valence-electron chi connectivity index (χ2n) is 9.21. The molecule has 1 aliphatic rings. The Balaban J connectivity index is 1.53. The van der Waals surface area contributed by atoms with Crippen LogP contribution in [0.3, 0.4) is 0 Å². The average molecular weight is 520 g/mol. The van der Waals surface area contributed by atoms with Gasteiger partial charge in [-0.1, -0.05) is 17.4 Å². The maximum atomic E-state index is 12.2. The number of nitrogen functional groups attached to an aromatic ring is 1. The molecule has 0 saturated carbocycles. The summed E-state index contributed by atoms with van der Waals surface area (Å²) in [5.74, 6) is 1.93. The molecule has 4 heterocycles. The molecule has 192 valence electrons.